The van der Waals surface area contributed by atoms with Crippen LogP contribution in [0.15, 0.2) is 30.6 Å². The zero-order valence-corrected chi connectivity index (χ0v) is 17.7. The number of nitrogens with one attached hydrogen (secondary N) is 1. The maximum Gasteiger partial charge on any atom is 0.228 e. The molecule has 1 saturated carbocycles. The Morgan fingerprint density at radius 3 is 2.87 bits per heavy atom. The number of amides is 1. The van der Waals surface area contributed by atoms with Crippen molar-refractivity contribution in [1.29, 1.82) is 0 Å². The molecule has 1 aliphatic heterocycles. The van der Waals surface area contributed by atoms with Gasteiger partial charge in [0.2, 0.25) is 5.91 Å². The van der Waals surface area contributed by atoms with Gasteiger partial charge in [0.25, 0.3) is 0 Å². The van der Waals surface area contributed by atoms with Gasteiger partial charge in [0.05, 0.1) is 11.7 Å². The van der Waals surface area contributed by atoms with Crippen molar-refractivity contribution in [2.24, 2.45) is 18.9 Å². The number of hydrogen-bond donors (Lipinski definition) is 1. The van der Waals surface area contributed by atoms with Gasteiger partial charge in [-0.2, -0.15) is 10.2 Å². The van der Waals surface area contributed by atoms with Crippen molar-refractivity contribution in [2.45, 2.75) is 32.2 Å². The highest BCUT2D eigenvalue weighted by Crippen LogP contribution is 2.33. The summed E-state index contributed by atoms with van der Waals surface area (Å²) in [5, 5.41) is 11.8. The Balaban J connectivity index is 1.37. The predicted octanol–water partition coefficient (Wildman–Crippen LogP) is 2.80. The van der Waals surface area contributed by atoms with Crippen LogP contribution >= 0.6 is 0 Å². The topological polar surface area (TPSA) is 76.7 Å². The number of aryl methyl sites for hydroxylation is 1. The van der Waals surface area contributed by atoms with Crippen LogP contribution in [0, 0.1) is 11.8 Å². The smallest absolute Gasteiger partial charge is 0.228 e. The lowest BCUT2D eigenvalue weighted by Gasteiger charge is -2.45. The normalized spacial score (nSPS) is 21.6. The zero-order valence-electron chi connectivity index (χ0n) is 17.7. The lowest BCUT2D eigenvalue weighted by Crippen LogP contribution is -2.56. The van der Waals surface area contributed by atoms with Gasteiger partial charge in [-0.1, -0.05) is 13.3 Å². The van der Waals surface area contributed by atoms with Crippen LogP contribution < -0.4 is 10.1 Å². The fourth-order valence-electron chi connectivity index (χ4n) is 4.32. The molecule has 0 spiro atoms. The zero-order chi connectivity index (χ0) is 20.8. The van der Waals surface area contributed by atoms with Crippen LogP contribution in [-0.2, 0) is 11.8 Å². The highest BCUT2D eigenvalue weighted by Gasteiger charge is 2.35. The average Bonchev–Trinajstić information content (AvgIpc) is 3.41. The SMILES string of the molecule is CC[C@@H]1CN(C)[C@@H]1COc1cnn(C)c1-c1ccn2nc(NC(=O)C3CC3)cc2c1. The number of rotatable bonds is 7. The van der Waals surface area contributed by atoms with E-state index in [1.165, 1.54) is 6.42 Å². The highest BCUT2D eigenvalue weighted by atomic mass is 16.5. The van der Waals surface area contributed by atoms with E-state index in [9.17, 15) is 4.79 Å². The van der Waals surface area contributed by atoms with Crippen molar-refractivity contribution in [1.82, 2.24) is 24.3 Å². The molecule has 158 valence electrons. The van der Waals surface area contributed by atoms with Gasteiger partial charge < -0.3 is 10.1 Å². The van der Waals surface area contributed by atoms with Crippen LogP contribution in [0.5, 0.6) is 5.75 Å². The fourth-order valence-corrected chi connectivity index (χ4v) is 4.32. The highest BCUT2D eigenvalue weighted by molar-refractivity contribution is 5.93. The molecular formula is C22H28N6O2. The molecule has 2 aliphatic rings. The molecule has 0 radical (unpaired) electrons. The third-order valence-corrected chi connectivity index (χ3v) is 6.41. The molecule has 8 nitrogen and oxygen atoms in total. The Labute approximate surface area is 175 Å². The second-order valence-electron chi connectivity index (χ2n) is 8.55. The van der Waals surface area contributed by atoms with E-state index in [2.05, 4.69) is 34.4 Å². The Bertz CT molecular complexity index is 1080. The van der Waals surface area contributed by atoms with Gasteiger partial charge in [0, 0.05) is 43.4 Å². The first-order chi connectivity index (χ1) is 14.5. The lowest BCUT2D eigenvalue weighted by molar-refractivity contribution is -0.117. The first-order valence-electron chi connectivity index (χ1n) is 10.7. The summed E-state index contributed by atoms with van der Waals surface area (Å²) in [5.74, 6) is 2.29. The molecule has 0 aromatic carbocycles. The van der Waals surface area contributed by atoms with Crippen LogP contribution in [0.25, 0.3) is 16.8 Å². The van der Waals surface area contributed by atoms with Crippen molar-refractivity contribution in [2.75, 3.05) is 25.5 Å². The number of hydrogen-bond acceptors (Lipinski definition) is 5. The number of pyridine rings is 1. The monoisotopic (exact) mass is 408 g/mol. The van der Waals surface area contributed by atoms with E-state index in [0.717, 1.165) is 41.9 Å². The maximum atomic E-state index is 12.0. The molecule has 0 unspecified atom stereocenters. The second kappa shape index (κ2) is 7.43. The van der Waals surface area contributed by atoms with Gasteiger partial charge in [0.1, 0.15) is 12.3 Å². The Kier molecular flexibility index (Phi) is 4.73. The summed E-state index contributed by atoms with van der Waals surface area (Å²) in [7, 11) is 4.08. The Morgan fingerprint density at radius 1 is 1.30 bits per heavy atom. The summed E-state index contributed by atoms with van der Waals surface area (Å²) >= 11 is 0. The minimum Gasteiger partial charge on any atom is -0.488 e. The van der Waals surface area contributed by atoms with Crippen molar-refractivity contribution in [3.05, 3.63) is 30.6 Å². The van der Waals surface area contributed by atoms with Crippen molar-refractivity contribution in [3.8, 4) is 17.0 Å². The summed E-state index contributed by atoms with van der Waals surface area (Å²) in [6.45, 7) is 4.05. The third-order valence-electron chi connectivity index (χ3n) is 6.41. The first kappa shape index (κ1) is 19.1. The van der Waals surface area contributed by atoms with Crippen molar-refractivity contribution in [3.63, 3.8) is 0 Å². The van der Waals surface area contributed by atoms with E-state index in [1.807, 2.05) is 36.1 Å². The average molecular weight is 409 g/mol. The molecule has 2 fully saturated rings. The van der Waals surface area contributed by atoms with E-state index < -0.39 is 0 Å². The molecule has 1 saturated heterocycles. The molecule has 30 heavy (non-hydrogen) atoms. The number of nitrogens with zero attached hydrogens (tertiary/aromatic N) is 5. The van der Waals surface area contributed by atoms with Gasteiger partial charge in [-0.3, -0.25) is 14.4 Å². The molecule has 3 aromatic heterocycles. The molecule has 3 aromatic rings. The quantitative estimate of drug-likeness (QED) is 0.651. The number of likely N-dealkylation sites (tertiary alicyclic amines) is 1. The van der Waals surface area contributed by atoms with E-state index in [1.54, 1.807) is 10.7 Å². The van der Waals surface area contributed by atoms with E-state index in [0.29, 0.717) is 24.4 Å². The van der Waals surface area contributed by atoms with Crippen molar-refractivity contribution < 1.29 is 9.53 Å². The number of carbonyl (C=O) groups excluding carboxylic acids is 1. The molecule has 5 rings (SSSR count). The molecule has 2 atom stereocenters. The summed E-state index contributed by atoms with van der Waals surface area (Å²) in [6, 6.07) is 6.41. The van der Waals surface area contributed by atoms with Crippen LogP contribution in [0.3, 0.4) is 0 Å². The Morgan fingerprint density at radius 2 is 2.13 bits per heavy atom. The number of fused-ring (bicyclic) bond motifs is 1. The van der Waals surface area contributed by atoms with Gasteiger partial charge in [-0.25, -0.2) is 4.52 Å². The summed E-state index contributed by atoms with van der Waals surface area (Å²) < 4.78 is 9.84. The standard InChI is InChI=1S/C22H28N6O2/c1-4-14-12-26(2)18(14)13-30-19-11-23-27(3)21(19)16-7-8-28-17(9-16)10-20(25-28)24-22(29)15-5-6-15/h7-11,14-15,18H,4-6,12-13H2,1-3H3,(H,24,25,29)/t14-,18-/m1/s1. The molecule has 1 aliphatic carbocycles. The number of anilines is 1. The molecule has 1 amide bonds. The maximum absolute atomic E-state index is 12.0. The summed E-state index contributed by atoms with van der Waals surface area (Å²) in [5.41, 5.74) is 2.86. The minimum atomic E-state index is 0.0623. The number of carbonyl (C=O) groups is 1. The number of ether oxygens (including phenoxy) is 1. The van der Waals surface area contributed by atoms with Crippen LogP contribution in [0.4, 0.5) is 5.82 Å². The number of likely N-dealkylation sites (N-methyl/N-ethyl adjacent to an activating group) is 1. The largest absolute Gasteiger partial charge is 0.488 e. The van der Waals surface area contributed by atoms with Crippen molar-refractivity contribution >= 4 is 17.2 Å². The van der Waals surface area contributed by atoms with E-state index in [4.69, 9.17) is 4.74 Å². The molecule has 8 heteroatoms. The van der Waals surface area contributed by atoms with Crippen LogP contribution in [0.1, 0.15) is 26.2 Å². The van der Waals surface area contributed by atoms with Gasteiger partial charge in [-0.05, 0) is 37.9 Å². The van der Waals surface area contributed by atoms with E-state index in [-0.39, 0.29) is 11.8 Å². The third kappa shape index (κ3) is 3.45. The predicted molar refractivity (Wildman–Crippen MR) is 114 cm³/mol. The molecule has 0 bridgehead atoms. The van der Waals surface area contributed by atoms with Gasteiger partial charge >= 0.3 is 0 Å². The molecule has 4 heterocycles. The summed E-state index contributed by atoms with van der Waals surface area (Å²) in [4.78, 5) is 14.4. The minimum absolute atomic E-state index is 0.0623. The van der Waals surface area contributed by atoms with E-state index >= 15 is 0 Å². The van der Waals surface area contributed by atoms with Gasteiger partial charge in [-0.15, -0.1) is 0 Å². The lowest BCUT2D eigenvalue weighted by atomic mass is 9.88. The molecule has 1 N–H and O–H groups in total. The van der Waals surface area contributed by atoms with Crippen LogP contribution in [-0.4, -0.2) is 56.4 Å². The van der Waals surface area contributed by atoms with Gasteiger partial charge in [0.15, 0.2) is 11.6 Å². The summed E-state index contributed by atoms with van der Waals surface area (Å²) in [6.07, 6.45) is 6.82. The second-order valence-corrected chi connectivity index (χ2v) is 8.55. The number of aromatic nitrogens is 4. The Hall–Kier alpha value is -2.87. The fraction of sp³-hybridized carbons (Fsp3) is 0.500. The van der Waals surface area contributed by atoms with Crippen LogP contribution in [0.2, 0.25) is 0 Å². The molecular weight excluding hydrogens is 380 g/mol. The first-order valence-corrected chi connectivity index (χ1v) is 10.7.